The number of amides is 1. The van der Waals surface area contributed by atoms with Crippen LogP contribution in [0.3, 0.4) is 0 Å². The number of methoxy groups -OCH3 is 1. The molecule has 0 saturated carbocycles. The van der Waals surface area contributed by atoms with E-state index in [1.54, 1.807) is 7.11 Å². The van der Waals surface area contributed by atoms with Crippen molar-refractivity contribution in [3.8, 4) is 5.69 Å². The van der Waals surface area contributed by atoms with E-state index >= 15 is 0 Å². The number of hydrogen-bond donors (Lipinski definition) is 0. The summed E-state index contributed by atoms with van der Waals surface area (Å²) in [6.45, 7) is 4.32. The summed E-state index contributed by atoms with van der Waals surface area (Å²) in [4.78, 5) is 18.9. The van der Waals surface area contributed by atoms with Crippen molar-refractivity contribution in [2.24, 2.45) is 5.92 Å². The van der Waals surface area contributed by atoms with Gasteiger partial charge in [-0.05, 0) is 42.8 Å². The molecule has 128 valence electrons. The van der Waals surface area contributed by atoms with Crippen LogP contribution in [0, 0.1) is 12.8 Å². The zero-order chi connectivity index (χ0) is 17.4. The maximum Gasteiger partial charge on any atom is 0.253 e. The van der Waals surface area contributed by atoms with Gasteiger partial charge in [0.05, 0.1) is 17.6 Å². The van der Waals surface area contributed by atoms with Crippen LogP contribution in [0.25, 0.3) is 16.7 Å². The molecule has 0 spiro atoms. The largest absolute Gasteiger partial charge is 0.384 e. The maximum atomic E-state index is 12.6. The molecule has 1 aliphatic rings. The molecule has 2 aromatic carbocycles. The zero-order valence-corrected chi connectivity index (χ0v) is 14.5. The number of likely N-dealkylation sites (tertiary alicyclic amines) is 1. The molecule has 1 fully saturated rings. The van der Waals surface area contributed by atoms with Gasteiger partial charge < -0.3 is 9.64 Å². The van der Waals surface area contributed by atoms with E-state index in [9.17, 15) is 4.79 Å². The summed E-state index contributed by atoms with van der Waals surface area (Å²) < 4.78 is 7.19. The molecule has 25 heavy (non-hydrogen) atoms. The molecule has 5 heteroatoms. The maximum absolute atomic E-state index is 12.6. The summed E-state index contributed by atoms with van der Waals surface area (Å²) >= 11 is 0. The first-order valence-electron chi connectivity index (χ1n) is 8.48. The highest BCUT2D eigenvalue weighted by Crippen LogP contribution is 2.23. The van der Waals surface area contributed by atoms with Crippen molar-refractivity contribution in [3.05, 3.63) is 59.9 Å². The molecule has 0 aliphatic carbocycles. The van der Waals surface area contributed by atoms with Crippen LogP contribution in [0.1, 0.15) is 15.9 Å². The standard InChI is InChI=1S/C20H21N3O2/c1-14-4-3-5-17(8-14)23-13-21-18-9-16(6-7-19(18)23)20(24)22-10-15(11-22)12-25-2/h3-9,13,15H,10-12H2,1-2H3. The lowest BCUT2D eigenvalue weighted by Crippen LogP contribution is -2.51. The number of fused-ring (bicyclic) bond motifs is 1. The monoisotopic (exact) mass is 335 g/mol. The minimum Gasteiger partial charge on any atom is -0.384 e. The third-order valence-electron chi connectivity index (χ3n) is 4.72. The summed E-state index contributed by atoms with van der Waals surface area (Å²) in [6.07, 6.45) is 1.81. The normalized spacial score (nSPS) is 14.7. The van der Waals surface area contributed by atoms with E-state index in [0.29, 0.717) is 18.1 Å². The second-order valence-electron chi connectivity index (χ2n) is 6.69. The van der Waals surface area contributed by atoms with Gasteiger partial charge in [0.15, 0.2) is 0 Å². The van der Waals surface area contributed by atoms with E-state index in [0.717, 1.165) is 29.8 Å². The summed E-state index contributed by atoms with van der Waals surface area (Å²) in [5.41, 5.74) is 4.81. The van der Waals surface area contributed by atoms with E-state index in [4.69, 9.17) is 4.74 Å². The fourth-order valence-electron chi connectivity index (χ4n) is 3.39. The van der Waals surface area contributed by atoms with Gasteiger partial charge in [-0.1, -0.05) is 12.1 Å². The average molecular weight is 335 g/mol. The van der Waals surface area contributed by atoms with Crippen LogP contribution in [-0.2, 0) is 4.74 Å². The fourth-order valence-corrected chi connectivity index (χ4v) is 3.39. The number of carbonyl (C=O) groups excluding carboxylic acids is 1. The second-order valence-corrected chi connectivity index (χ2v) is 6.69. The van der Waals surface area contributed by atoms with Gasteiger partial charge in [0.1, 0.15) is 6.33 Å². The number of hydrogen-bond acceptors (Lipinski definition) is 3. The Morgan fingerprint density at radius 2 is 2.08 bits per heavy atom. The lowest BCUT2D eigenvalue weighted by molar-refractivity contribution is 0.0270. The highest BCUT2D eigenvalue weighted by Gasteiger charge is 2.31. The minimum atomic E-state index is 0.0689. The van der Waals surface area contributed by atoms with E-state index in [-0.39, 0.29) is 5.91 Å². The van der Waals surface area contributed by atoms with Crippen LogP contribution in [0.4, 0.5) is 0 Å². The number of aromatic nitrogens is 2. The minimum absolute atomic E-state index is 0.0689. The van der Waals surface area contributed by atoms with Crippen LogP contribution < -0.4 is 0 Å². The number of nitrogens with zero attached hydrogens (tertiary/aromatic N) is 3. The number of benzene rings is 2. The Hall–Kier alpha value is -2.66. The summed E-state index contributed by atoms with van der Waals surface area (Å²) in [5, 5.41) is 0. The van der Waals surface area contributed by atoms with Crippen molar-refractivity contribution in [3.63, 3.8) is 0 Å². The lowest BCUT2D eigenvalue weighted by Gasteiger charge is -2.38. The molecule has 1 saturated heterocycles. The number of rotatable bonds is 4. The molecule has 4 rings (SSSR count). The summed E-state index contributed by atoms with van der Waals surface area (Å²) in [7, 11) is 1.70. The molecular weight excluding hydrogens is 314 g/mol. The van der Waals surface area contributed by atoms with Crippen molar-refractivity contribution >= 4 is 16.9 Å². The van der Waals surface area contributed by atoms with Gasteiger partial charge in [-0.2, -0.15) is 0 Å². The molecule has 0 unspecified atom stereocenters. The molecule has 5 nitrogen and oxygen atoms in total. The van der Waals surface area contributed by atoms with Gasteiger partial charge in [0.25, 0.3) is 5.91 Å². The van der Waals surface area contributed by atoms with Crippen molar-refractivity contribution in [1.82, 2.24) is 14.5 Å². The predicted molar refractivity (Wildman–Crippen MR) is 97.1 cm³/mol. The Morgan fingerprint density at radius 1 is 1.24 bits per heavy atom. The number of carbonyl (C=O) groups is 1. The van der Waals surface area contributed by atoms with Crippen LogP contribution in [-0.4, -0.2) is 47.2 Å². The fraction of sp³-hybridized carbons (Fsp3) is 0.300. The molecule has 1 amide bonds. The van der Waals surface area contributed by atoms with Crippen molar-refractivity contribution in [2.45, 2.75) is 6.92 Å². The van der Waals surface area contributed by atoms with Crippen LogP contribution in [0.2, 0.25) is 0 Å². The van der Waals surface area contributed by atoms with E-state index < -0.39 is 0 Å². The summed E-state index contributed by atoms with van der Waals surface area (Å²) in [5.74, 6) is 0.526. The third-order valence-corrected chi connectivity index (χ3v) is 4.72. The van der Waals surface area contributed by atoms with E-state index in [1.165, 1.54) is 5.56 Å². The van der Waals surface area contributed by atoms with Gasteiger partial charge in [-0.25, -0.2) is 4.98 Å². The van der Waals surface area contributed by atoms with Crippen molar-refractivity contribution in [2.75, 3.05) is 26.8 Å². The van der Waals surface area contributed by atoms with E-state index in [2.05, 4.69) is 34.7 Å². The van der Waals surface area contributed by atoms with Gasteiger partial charge in [-0.15, -0.1) is 0 Å². The number of imidazole rings is 1. The topological polar surface area (TPSA) is 47.4 Å². The van der Waals surface area contributed by atoms with E-state index in [1.807, 2.05) is 35.5 Å². The first kappa shape index (κ1) is 15.8. The molecule has 0 radical (unpaired) electrons. The van der Waals surface area contributed by atoms with Gasteiger partial charge >= 0.3 is 0 Å². The highest BCUT2D eigenvalue weighted by molar-refractivity contribution is 5.98. The van der Waals surface area contributed by atoms with Gasteiger partial charge in [-0.3, -0.25) is 9.36 Å². The first-order chi connectivity index (χ1) is 12.2. The summed E-state index contributed by atoms with van der Waals surface area (Å²) in [6, 6.07) is 14.0. The SMILES string of the molecule is COCC1CN(C(=O)c2ccc3c(c2)ncn3-c2cccc(C)c2)C1. The van der Waals surface area contributed by atoms with Crippen LogP contribution >= 0.6 is 0 Å². The molecule has 2 heterocycles. The number of ether oxygens (including phenoxy) is 1. The molecule has 0 bridgehead atoms. The number of aryl methyl sites for hydroxylation is 1. The Labute approximate surface area is 146 Å². The highest BCUT2D eigenvalue weighted by atomic mass is 16.5. The Morgan fingerprint density at radius 3 is 2.84 bits per heavy atom. The van der Waals surface area contributed by atoms with Gasteiger partial charge in [0.2, 0.25) is 0 Å². The third kappa shape index (κ3) is 2.91. The molecule has 1 aromatic heterocycles. The predicted octanol–water partition coefficient (Wildman–Crippen LogP) is 3.05. The Bertz CT molecular complexity index is 926. The molecule has 1 aliphatic heterocycles. The molecular formula is C20H21N3O2. The Kier molecular flexibility index (Phi) is 4.01. The van der Waals surface area contributed by atoms with Gasteiger partial charge in [0, 0.05) is 37.4 Å². The second kappa shape index (κ2) is 6.33. The average Bonchev–Trinajstić information content (AvgIpc) is 3.00. The van der Waals surface area contributed by atoms with Crippen molar-refractivity contribution in [1.29, 1.82) is 0 Å². The smallest absolute Gasteiger partial charge is 0.253 e. The lowest BCUT2D eigenvalue weighted by atomic mass is 10.00. The van der Waals surface area contributed by atoms with Crippen LogP contribution in [0.5, 0.6) is 0 Å². The van der Waals surface area contributed by atoms with Crippen molar-refractivity contribution < 1.29 is 9.53 Å². The molecule has 0 atom stereocenters. The first-order valence-corrected chi connectivity index (χ1v) is 8.48. The molecule has 3 aromatic rings. The zero-order valence-electron chi connectivity index (χ0n) is 14.5. The Balaban J connectivity index is 1.59. The van der Waals surface area contributed by atoms with Crippen LogP contribution in [0.15, 0.2) is 48.8 Å². The quantitative estimate of drug-likeness (QED) is 0.736. The molecule has 0 N–H and O–H groups in total.